The second-order valence-electron chi connectivity index (χ2n) is 5.06. The zero-order valence-corrected chi connectivity index (χ0v) is 12.6. The molecule has 0 aliphatic rings. The summed E-state index contributed by atoms with van der Waals surface area (Å²) >= 11 is 0. The first-order valence-electron chi connectivity index (χ1n) is 6.99. The van der Waals surface area contributed by atoms with Crippen molar-refractivity contribution < 1.29 is 22.6 Å². The smallest absolute Gasteiger partial charge is 0.410 e. The van der Waals surface area contributed by atoms with Gasteiger partial charge in [-0.1, -0.05) is 19.9 Å². The zero-order chi connectivity index (χ0) is 16.1. The molecule has 0 spiro atoms. The Balaban J connectivity index is 3.14. The lowest BCUT2D eigenvalue weighted by Gasteiger charge is -2.28. The van der Waals surface area contributed by atoms with E-state index in [0.29, 0.717) is 24.7 Å². The van der Waals surface area contributed by atoms with Crippen LogP contribution in [0.5, 0.6) is 11.5 Å². The molecule has 0 aliphatic heterocycles. The predicted molar refractivity (Wildman–Crippen MR) is 75.6 cm³/mol. The third-order valence-corrected chi connectivity index (χ3v) is 3.06. The first-order chi connectivity index (χ1) is 9.74. The summed E-state index contributed by atoms with van der Waals surface area (Å²) in [6.07, 6.45) is -3.00. The van der Waals surface area contributed by atoms with Crippen LogP contribution in [0.25, 0.3) is 0 Å². The molecule has 0 saturated carbocycles. The van der Waals surface area contributed by atoms with Crippen LogP contribution in [-0.4, -0.2) is 19.4 Å². The molecule has 1 rings (SSSR count). The number of halogens is 3. The summed E-state index contributed by atoms with van der Waals surface area (Å²) in [7, 11) is 0. The fourth-order valence-electron chi connectivity index (χ4n) is 1.65. The molecule has 120 valence electrons. The van der Waals surface area contributed by atoms with Gasteiger partial charge in [-0.15, -0.1) is 0 Å². The van der Waals surface area contributed by atoms with Gasteiger partial charge in [0.05, 0.1) is 13.2 Å². The highest BCUT2D eigenvalue weighted by Gasteiger charge is 2.49. The molecule has 2 N–H and O–H groups in total. The molecule has 3 nitrogen and oxygen atoms in total. The van der Waals surface area contributed by atoms with Gasteiger partial charge in [0.2, 0.25) is 0 Å². The first kappa shape index (κ1) is 17.6. The third-order valence-electron chi connectivity index (χ3n) is 3.06. The second kappa shape index (κ2) is 7.02. The second-order valence-corrected chi connectivity index (χ2v) is 5.06. The van der Waals surface area contributed by atoms with Crippen molar-refractivity contribution >= 4 is 0 Å². The average molecular weight is 305 g/mol. The highest BCUT2D eigenvalue weighted by atomic mass is 19.4. The van der Waals surface area contributed by atoms with Crippen LogP contribution in [0.2, 0.25) is 0 Å². The van der Waals surface area contributed by atoms with Crippen molar-refractivity contribution in [2.45, 2.75) is 45.3 Å². The van der Waals surface area contributed by atoms with Gasteiger partial charge in [-0.2, -0.15) is 13.2 Å². The molecule has 0 aromatic heterocycles. The monoisotopic (exact) mass is 305 g/mol. The average Bonchev–Trinajstić information content (AvgIpc) is 2.41. The predicted octanol–water partition coefficient (Wildman–Crippen LogP) is 4.00. The van der Waals surface area contributed by atoms with E-state index in [9.17, 15) is 13.2 Å². The van der Waals surface area contributed by atoms with E-state index in [2.05, 4.69) is 0 Å². The summed E-state index contributed by atoms with van der Waals surface area (Å²) in [4.78, 5) is 0. The number of hydrogen-bond donors (Lipinski definition) is 1. The molecular formula is C15H22F3NO2. The van der Waals surface area contributed by atoms with Crippen molar-refractivity contribution in [3.8, 4) is 11.5 Å². The van der Waals surface area contributed by atoms with Crippen molar-refractivity contribution in [1.29, 1.82) is 0 Å². The molecule has 0 bridgehead atoms. The summed E-state index contributed by atoms with van der Waals surface area (Å²) in [6.45, 7) is 5.68. The Hall–Kier alpha value is -1.43. The van der Waals surface area contributed by atoms with E-state index >= 15 is 0 Å². The molecule has 21 heavy (non-hydrogen) atoms. The van der Waals surface area contributed by atoms with Crippen molar-refractivity contribution in [3.63, 3.8) is 0 Å². The molecule has 6 heteroatoms. The molecule has 0 aliphatic carbocycles. The van der Waals surface area contributed by atoms with Crippen LogP contribution >= 0.6 is 0 Å². The summed E-state index contributed by atoms with van der Waals surface area (Å²) in [5.41, 5.74) is 2.96. The summed E-state index contributed by atoms with van der Waals surface area (Å²) in [5.74, 6) is 0.732. The fourth-order valence-corrected chi connectivity index (χ4v) is 1.65. The van der Waals surface area contributed by atoms with Crippen LogP contribution in [0.4, 0.5) is 13.2 Å². The maximum atomic E-state index is 13.0. The number of hydrogen-bond acceptors (Lipinski definition) is 3. The maximum Gasteiger partial charge on any atom is 0.410 e. The van der Waals surface area contributed by atoms with Crippen LogP contribution in [0.1, 0.15) is 39.2 Å². The van der Waals surface area contributed by atoms with E-state index in [0.717, 1.165) is 19.8 Å². The minimum absolute atomic E-state index is 0.0510. The van der Waals surface area contributed by atoms with Gasteiger partial charge in [-0.3, -0.25) is 0 Å². The molecule has 1 aromatic rings. The van der Waals surface area contributed by atoms with Crippen LogP contribution < -0.4 is 15.2 Å². The van der Waals surface area contributed by atoms with Crippen molar-refractivity contribution in [2.24, 2.45) is 5.73 Å². The summed E-state index contributed by atoms with van der Waals surface area (Å²) in [6, 6.07) is 4.12. The normalized spacial score (nSPS) is 14.6. The number of alkyl halides is 3. The first-order valence-corrected chi connectivity index (χ1v) is 6.99. The van der Waals surface area contributed by atoms with Crippen LogP contribution in [0.3, 0.4) is 0 Å². The largest absolute Gasteiger partial charge is 0.490 e. The lowest BCUT2D eigenvalue weighted by atomic mass is 9.92. The fraction of sp³-hybridized carbons (Fsp3) is 0.600. The molecule has 1 unspecified atom stereocenters. The highest BCUT2D eigenvalue weighted by molar-refractivity contribution is 5.45. The van der Waals surface area contributed by atoms with E-state index in [4.69, 9.17) is 15.2 Å². The molecular weight excluding hydrogens is 283 g/mol. The molecule has 0 fully saturated rings. The van der Waals surface area contributed by atoms with E-state index in [1.54, 1.807) is 0 Å². The lowest BCUT2D eigenvalue weighted by molar-refractivity contribution is -0.184. The number of rotatable bonds is 7. The Bertz CT molecular complexity index is 459. The van der Waals surface area contributed by atoms with Gasteiger partial charge in [-0.05, 0) is 37.5 Å². The minimum atomic E-state index is -4.54. The minimum Gasteiger partial charge on any atom is -0.490 e. The zero-order valence-electron chi connectivity index (χ0n) is 12.6. The van der Waals surface area contributed by atoms with Gasteiger partial charge in [0.1, 0.15) is 5.54 Å². The lowest BCUT2D eigenvalue weighted by Crippen LogP contribution is -2.47. The molecule has 0 heterocycles. The molecule has 1 atom stereocenters. The van der Waals surface area contributed by atoms with Crippen LogP contribution in [0.15, 0.2) is 18.2 Å². The summed E-state index contributed by atoms with van der Waals surface area (Å²) < 4.78 is 50.0. The number of ether oxygens (including phenoxy) is 2. The standard InChI is InChI=1S/C15H22F3NO2/c1-4-8-20-12-7-6-11(10-13(12)21-9-5-2)14(3,19)15(16,17)18/h6-7,10H,4-5,8-9,19H2,1-3H3. The van der Waals surface area contributed by atoms with Crippen LogP contribution in [-0.2, 0) is 5.54 Å². The van der Waals surface area contributed by atoms with E-state index < -0.39 is 11.7 Å². The van der Waals surface area contributed by atoms with Gasteiger partial charge in [0.25, 0.3) is 0 Å². The summed E-state index contributed by atoms with van der Waals surface area (Å²) in [5, 5.41) is 0. The highest BCUT2D eigenvalue weighted by Crippen LogP contribution is 2.39. The Morgan fingerprint density at radius 3 is 2.00 bits per heavy atom. The van der Waals surface area contributed by atoms with Gasteiger partial charge >= 0.3 is 6.18 Å². The van der Waals surface area contributed by atoms with Gasteiger partial charge < -0.3 is 15.2 Å². The Morgan fingerprint density at radius 1 is 1.00 bits per heavy atom. The Kier molecular flexibility index (Phi) is 5.89. The molecule has 0 amide bonds. The van der Waals surface area contributed by atoms with E-state index in [-0.39, 0.29) is 5.56 Å². The van der Waals surface area contributed by atoms with Gasteiger partial charge in [-0.25, -0.2) is 0 Å². The topological polar surface area (TPSA) is 44.5 Å². The molecule has 0 radical (unpaired) electrons. The maximum absolute atomic E-state index is 13.0. The molecule has 0 saturated heterocycles. The van der Waals surface area contributed by atoms with Gasteiger partial charge in [0, 0.05) is 0 Å². The third kappa shape index (κ3) is 4.27. The Morgan fingerprint density at radius 2 is 1.52 bits per heavy atom. The van der Waals surface area contributed by atoms with Crippen molar-refractivity contribution in [1.82, 2.24) is 0 Å². The number of nitrogens with two attached hydrogens (primary N) is 1. The SMILES string of the molecule is CCCOc1ccc(C(C)(N)C(F)(F)F)cc1OCCC. The van der Waals surface area contributed by atoms with E-state index in [1.165, 1.54) is 18.2 Å². The molecule has 1 aromatic carbocycles. The van der Waals surface area contributed by atoms with Crippen molar-refractivity contribution in [2.75, 3.05) is 13.2 Å². The van der Waals surface area contributed by atoms with Crippen LogP contribution in [0, 0.1) is 0 Å². The number of benzene rings is 1. The van der Waals surface area contributed by atoms with Gasteiger partial charge in [0.15, 0.2) is 11.5 Å². The Labute approximate surface area is 123 Å². The van der Waals surface area contributed by atoms with E-state index in [1.807, 2.05) is 13.8 Å². The quantitative estimate of drug-likeness (QED) is 0.828. The van der Waals surface area contributed by atoms with Crippen molar-refractivity contribution in [3.05, 3.63) is 23.8 Å².